The highest BCUT2D eigenvalue weighted by Gasteiger charge is 2.51. The smallest absolute Gasteiger partial charge is 0.308 e. The Morgan fingerprint density at radius 2 is 1.59 bits per heavy atom. The van der Waals surface area contributed by atoms with Crippen LogP contribution < -0.4 is 10.4 Å². The Morgan fingerprint density at radius 1 is 1.03 bits per heavy atom. The first-order valence-electron chi connectivity index (χ1n) is 12.2. The van der Waals surface area contributed by atoms with E-state index in [-0.39, 0.29) is 35.7 Å². The summed E-state index contributed by atoms with van der Waals surface area (Å²) in [7, 11) is -1.37. The van der Waals surface area contributed by atoms with Gasteiger partial charge in [0.15, 0.2) is 0 Å². The highest BCUT2D eigenvalue weighted by atomic mass is 28.4. The first-order chi connectivity index (χ1) is 16.3. The minimum Gasteiger partial charge on any atom is -0.469 e. The first kappa shape index (κ1) is 26.3. The summed E-state index contributed by atoms with van der Waals surface area (Å²) in [4.78, 5) is 23.5. The Bertz CT molecular complexity index is 870. The molecule has 0 spiro atoms. The van der Waals surface area contributed by atoms with Gasteiger partial charge in [0.1, 0.15) is 6.29 Å². The molecule has 0 amide bonds. The maximum absolute atomic E-state index is 11.8. The number of hydrogen-bond donors (Lipinski definition) is 0. The fourth-order valence-electron chi connectivity index (χ4n) is 5.11. The molecule has 0 aliphatic carbocycles. The molecule has 1 aliphatic rings. The van der Waals surface area contributed by atoms with Gasteiger partial charge >= 0.3 is 5.97 Å². The summed E-state index contributed by atoms with van der Waals surface area (Å²) in [6.07, 6.45) is 4.43. The van der Waals surface area contributed by atoms with Crippen LogP contribution in [0.15, 0.2) is 60.7 Å². The van der Waals surface area contributed by atoms with Gasteiger partial charge in [-0.1, -0.05) is 81.4 Å². The van der Waals surface area contributed by atoms with Crippen molar-refractivity contribution in [3.63, 3.8) is 0 Å². The van der Waals surface area contributed by atoms with Crippen LogP contribution >= 0.6 is 0 Å². The normalized spacial score (nSPS) is 19.9. The number of benzene rings is 2. The SMILES string of the molecule is COC(=O)C[C@H]1CCC[C@@H](C[C@H](CC=O)O[Si](c2ccccc2)(c2ccccc2)C(C)(C)C)O1. The van der Waals surface area contributed by atoms with E-state index in [1.807, 2.05) is 12.1 Å². The van der Waals surface area contributed by atoms with E-state index in [2.05, 4.69) is 69.3 Å². The minimum atomic E-state index is -2.77. The fraction of sp³-hybridized carbons (Fsp3) is 0.500. The van der Waals surface area contributed by atoms with Gasteiger partial charge in [0.25, 0.3) is 8.32 Å². The van der Waals surface area contributed by atoms with Crippen LogP contribution in [-0.4, -0.2) is 46.0 Å². The highest BCUT2D eigenvalue weighted by Crippen LogP contribution is 2.38. The molecule has 2 aromatic rings. The van der Waals surface area contributed by atoms with Crippen LogP contribution in [0, 0.1) is 0 Å². The van der Waals surface area contributed by atoms with Crippen molar-refractivity contribution in [2.75, 3.05) is 7.11 Å². The molecule has 184 valence electrons. The summed E-state index contributed by atoms with van der Waals surface area (Å²) < 4.78 is 18.3. The third-order valence-electron chi connectivity index (χ3n) is 6.70. The molecule has 3 atom stereocenters. The molecule has 0 N–H and O–H groups in total. The first-order valence-corrected chi connectivity index (χ1v) is 14.2. The van der Waals surface area contributed by atoms with Gasteiger partial charge in [0.2, 0.25) is 0 Å². The van der Waals surface area contributed by atoms with Crippen molar-refractivity contribution in [1.82, 2.24) is 0 Å². The lowest BCUT2D eigenvalue weighted by Gasteiger charge is -2.45. The van der Waals surface area contributed by atoms with Gasteiger partial charge in [-0.05, 0) is 41.1 Å². The number of aldehydes is 1. The van der Waals surface area contributed by atoms with Crippen LogP contribution in [0.25, 0.3) is 0 Å². The molecule has 34 heavy (non-hydrogen) atoms. The van der Waals surface area contributed by atoms with E-state index in [4.69, 9.17) is 13.9 Å². The molecule has 3 rings (SSSR count). The molecule has 0 aromatic heterocycles. The molecule has 5 nitrogen and oxygen atoms in total. The number of esters is 1. The van der Waals surface area contributed by atoms with Crippen LogP contribution in [0.3, 0.4) is 0 Å². The zero-order chi connectivity index (χ0) is 24.6. The van der Waals surface area contributed by atoms with E-state index in [1.54, 1.807) is 0 Å². The lowest BCUT2D eigenvalue weighted by Crippen LogP contribution is -2.67. The zero-order valence-corrected chi connectivity index (χ0v) is 21.9. The van der Waals surface area contributed by atoms with Gasteiger partial charge in [0, 0.05) is 6.42 Å². The molecule has 1 fully saturated rings. The fourth-order valence-corrected chi connectivity index (χ4v) is 9.82. The van der Waals surface area contributed by atoms with Gasteiger partial charge in [-0.2, -0.15) is 0 Å². The summed E-state index contributed by atoms with van der Waals surface area (Å²) in [6, 6.07) is 20.9. The van der Waals surface area contributed by atoms with Crippen molar-refractivity contribution >= 4 is 30.9 Å². The second-order valence-corrected chi connectivity index (χ2v) is 14.4. The third kappa shape index (κ3) is 6.23. The molecule has 0 unspecified atom stereocenters. The molecular formula is C28H38O5Si. The number of ether oxygens (including phenoxy) is 2. The molecule has 0 saturated carbocycles. The summed E-state index contributed by atoms with van der Waals surface area (Å²) >= 11 is 0. The van der Waals surface area contributed by atoms with Crippen molar-refractivity contribution in [3.05, 3.63) is 60.7 Å². The average molecular weight is 483 g/mol. The number of carbonyl (C=O) groups excluding carboxylic acids is 2. The predicted octanol–water partition coefficient (Wildman–Crippen LogP) is 4.41. The number of carbonyl (C=O) groups is 2. The maximum atomic E-state index is 11.8. The van der Waals surface area contributed by atoms with E-state index >= 15 is 0 Å². The summed E-state index contributed by atoms with van der Waals surface area (Å²) in [5, 5.41) is 2.22. The third-order valence-corrected chi connectivity index (χ3v) is 11.8. The minimum absolute atomic E-state index is 0.0495. The van der Waals surface area contributed by atoms with Crippen molar-refractivity contribution in [2.45, 2.75) is 82.6 Å². The molecule has 1 saturated heterocycles. The summed E-state index contributed by atoms with van der Waals surface area (Å²) in [6.45, 7) is 6.71. The number of methoxy groups -OCH3 is 1. The van der Waals surface area contributed by atoms with Crippen molar-refractivity contribution < 1.29 is 23.5 Å². The Hall–Kier alpha value is -2.28. The topological polar surface area (TPSA) is 61.8 Å². The van der Waals surface area contributed by atoms with Gasteiger partial charge in [-0.15, -0.1) is 0 Å². The molecule has 0 radical (unpaired) electrons. The number of hydrogen-bond acceptors (Lipinski definition) is 5. The van der Waals surface area contributed by atoms with Crippen LogP contribution in [0.4, 0.5) is 0 Å². The molecule has 1 heterocycles. The van der Waals surface area contributed by atoms with Crippen molar-refractivity contribution in [2.24, 2.45) is 0 Å². The number of rotatable bonds is 10. The lowest BCUT2D eigenvalue weighted by atomic mass is 9.97. The van der Waals surface area contributed by atoms with E-state index in [0.717, 1.165) is 25.5 Å². The van der Waals surface area contributed by atoms with E-state index < -0.39 is 8.32 Å². The monoisotopic (exact) mass is 482 g/mol. The van der Waals surface area contributed by atoms with Gasteiger partial charge in [-0.3, -0.25) is 4.79 Å². The van der Waals surface area contributed by atoms with Crippen LogP contribution in [0.1, 0.15) is 59.3 Å². The van der Waals surface area contributed by atoms with Crippen LogP contribution in [0.5, 0.6) is 0 Å². The highest BCUT2D eigenvalue weighted by molar-refractivity contribution is 6.99. The van der Waals surface area contributed by atoms with Gasteiger partial charge in [0.05, 0.1) is 31.8 Å². The second-order valence-electron chi connectivity index (χ2n) is 10.1. The second kappa shape index (κ2) is 11.9. The molecule has 2 aromatic carbocycles. The van der Waals surface area contributed by atoms with Gasteiger partial charge < -0.3 is 18.7 Å². The van der Waals surface area contributed by atoms with E-state index in [0.29, 0.717) is 12.8 Å². The Balaban J connectivity index is 1.93. The average Bonchev–Trinajstić information content (AvgIpc) is 2.83. The molecule has 1 aliphatic heterocycles. The quantitative estimate of drug-likeness (QED) is 0.285. The predicted molar refractivity (Wildman–Crippen MR) is 137 cm³/mol. The standard InChI is InChI=1S/C28H38O5Si/c1-28(2,3)34(25-14-7-5-8-15-25,26-16-9-6-10-17-26)33-24(18-19-29)20-22-12-11-13-23(32-22)21-27(30)31-4/h5-10,14-17,19,22-24H,11-13,18,20-21H2,1-4H3/t22-,23+,24-/m0/s1. The Kier molecular flexibility index (Phi) is 9.22. The Labute approximate surface area is 204 Å². The van der Waals surface area contributed by atoms with Crippen molar-refractivity contribution in [1.29, 1.82) is 0 Å². The van der Waals surface area contributed by atoms with Crippen LogP contribution in [-0.2, 0) is 23.5 Å². The Morgan fingerprint density at radius 3 is 2.09 bits per heavy atom. The van der Waals surface area contributed by atoms with E-state index in [9.17, 15) is 9.59 Å². The summed E-state index contributed by atoms with van der Waals surface area (Å²) in [5.74, 6) is -0.251. The largest absolute Gasteiger partial charge is 0.469 e. The maximum Gasteiger partial charge on any atom is 0.308 e. The van der Waals surface area contributed by atoms with Crippen LogP contribution in [0.2, 0.25) is 5.04 Å². The van der Waals surface area contributed by atoms with Gasteiger partial charge in [-0.25, -0.2) is 0 Å². The van der Waals surface area contributed by atoms with E-state index in [1.165, 1.54) is 17.5 Å². The molecule has 0 bridgehead atoms. The lowest BCUT2D eigenvalue weighted by molar-refractivity contribution is -0.147. The van der Waals surface area contributed by atoms with Crippen molar-refractivity contribution in [3.8, 4) is 0 Å². The molecular weight excluding hydrogens is 444 g/mol. The zero-order valence-electron chi connectivity index (χ0n) is 20.9. The summed E-state index contributed by atoms with van der Waals surface area (Å²) in [5.41, 5.74) is 0. The molecule has 6 heteroatoms.